The van der Waals surface area contributed by atoms with Crippen LogP contribution in [0.3, 0.4) is 0 Å². The van der Waals surface area contributed by atoms with Crippen molar-refractivity contribution in [1.29, 1.82) is 0 Å². The zero-order chi connectivity index (χ0) is 15.4. The number of hydrogen-bond donors (Lipinski definition) is 2. The highest BCUT2D eigenvalue weighted by atomic mass is 19.2. The van der Waals surface area contributed by atoms with Gasteiger partial charge in [-0.2, -0.15) is 0 Å². The molecular formula is C15H14F2N2O2. The van der Waals surface area contributed by atoms with Gasteiger partial charge in [-0.15, -0.1) is 0 Å². The fourth-order valence-electron chi connectivity index (χ4n) is 1.84. The molecule has 0 spiro atoms. The summed E-state index contributed by atoms with van der Waals surface area (Å²) in [6.07, 6.45) is 0.318. The Morgan fingerprint density at radius 2 is 2.00 bits per heavy atom. The van der Waals surface area contributed by atoms with Gasteiger partial charge in [0, 0.05) is 6.20 Å². The number of rotatable bonds is 4. The number of hydrogen-bond acceptors (Lipinski definition) is 3. The van der Waals surface area contributed by atoms with Crippen LogP contribution >= 0.6 is 0 Å². The summed E-state index contributed by atoms with van der Waals surface area (Å²) in [6, 6.07) is 7.29. The second-order valence-corrected chi connectivity index (χ2v) is 4.60. The van der Waals surface area contributed by atoms with Gasteiger partial charge in [-0.3, -0.25) is 9.78 Å². The fourth-order valence-corrected chi connectivity index (χ4v) is 1.84. The molecule has 1 amide bonds. The molecule has 0 aliphatic carbocycles. The Hall–Kier alpha value is -2.34. The third kappa shape index (κ3) is 3.61. The van der Waals surface area contributed by atoms with Crippen molar-refractivity contribution in [1.82, 2.24) is 10.3 Å². The molecule has 0 unspecified atom stereocenters. The Labute approximate surface area is 120 Å². The summed E-state index contributed by atoms with van der Waals surface area (Å²) in [4.78, 5) is 15.8. The van der Waals surface area contributed by atoms with E-state index in [2.05, 4.69) is 10.3 Å². The first kappa shape index (κ1) is 15.1. The number of pyridine rings is 1. The molecule has 110 valence electrons. The van der Waals surface area contributed by atoms with Crippen molar-refractivity contribution in [2.45, 2.75) is 19.1 Å². The van der Waals surface area contributed by atoms with Crippen LogP contribution < -0.4 is 5.32 Å². The van der Waals surface area contributed by atoms with E-state index in [0.717, 1.165) is 12.1 Å². The maximum absolute atomic E-state index is 13.1. The standard InChI is InChI=1S/C15H14F2N2O2/c1-9(19-15(21)13-4-2-3-7-18-13)14(20)10-5-6-11(16)12(17)8-10/h2-9,14,20H,1H3,(H,19,21)/t9-,14+/m0/s1. The molecule has 0 saturated heterocycles. The molecule has 6 heteroatoms. The Bertz CT molecular complexity index is 635. The van der Waals surface area contributed by atoms with Crippen molar-refractivity contribution in [3.8, 4) is 0 Å². The second-order valence-electron chi connectivity index (χ2n) is 4.60. The number of carbonyl (C=O) groups is 1. The number of nitrogens with zero attached hydrogens (tertiary/aromatic N) is 1. The number of aromatic nitrogens is 1. The maximum Gasteiger partial charge on any atom is 0.270 e. The SMILES string of the molecule is C[C@H](NC(=O)c1ccccn1)[C@@H](O)c1ccc(F)c(F)c1. The van der Waals surface area contributed by atoms with Crippen molar-refractivity contribution >= 4 is 5.91 Å². The van der Waals surface area contributed by atoms with Gasteiger partial charge in [0.2, 0.25) is 0 Å². The van der Waals surface area contributed by atoms with E-state index < -0.39 is 29.7 Å². The Morgan fingerprint density at radius 3 is 2.62 bits per heavy atom. The summed E-state index contributed by atoms with van der Waals surface area (Å²) in [5.41, 5.74) is 0.393. The summed E-state index contributed by atoms with van der Waals surface area (Å²) >= 11 is 0. The van der Waals surface area contributed by atoms with Gasteiger partial charge in [0.25, 0.3) is 5.91 Å². The normalized spacial score (nSPS) is 13.5. The minimum absolute atomic E-state index is 0.183. The molecule has 1 heterocycles. The molecule has 0 aliphatic heterocycles. The largest absolute Gasteiger partial charge is 0.386 e. The summed E-state index contributed by atoms with van der Waals surface area (Å²) in [6.45, 7) is 1.56. The smallest absolute Gasteiger partial charge is 0.270 e. The van der Waals surface area contributed by atoms with Crippen LogP contribution in [0.5, 0.6) is 0 Å². The summed E-state index contributed by atoms with van der Waals surface area (Å²) in [5, 5.41) is 12.6. The predicted molar refractivity (Wildman–Crippen MR) is 72.5 cm³/mol. The Balaban J connectivity index is 2.07. The van der Waals surface area contributed by atoms with Crippen LogP contribution in [0.25, 0.3) is 0 Å². The highest BCUT2D eigenvalue weighted by Gasteiger charge is 2.20. The lowest BCUT2D eigenvalue weighted by molar-refractivity contribution is 0.0846. The van der Waals surface area contributed by atoms with E-state index in [0.29, 0.717) is 0 Å². The zero-order valence-electron chi connectivity index (χ0n) is 11.3. The number of carbonyl (C=O) groups excluding carboxylic acids is 1. The Kier molecular flexibility index (Phi) is 4.59. The topological polar surface area (TPSA) is 62.2 Å². The van der Waals surface area contributed by atoms with Gasteiger partial charge in [0.1, 0.15) is 5.69 Å². The van der Waals surface area contributed by atoms with Crippen LogP contribution in [0.1, 0.15) is 29.1 Å². The van der Waals surface area contributed by atoms with Crippen molar-refractivity contribution < 1.29 is 18.7 Å². The van der Waals surface area contributed by atoms with Gasteiger partial charge >= 0.3 is 0 Å². The van der Waals surface area contributed by atoms with E-state index in [1.807, 2.05) is 0 Å². The molecule has 4 nitrogen and oxygen atoms in total. The molecule has 21 heavy (non-hydrogen) atoms. The number of benzene rings is 1. The minimum Gasteiger partial charge on any atom is -0.386 e. The van der Waals surface area contributed by atoms with Gasteiger partial charge in [-0.25, -0.2) is 8.78 Å². The lowest BCUT2D eigenvalue weighted by Gasteiger charge is -2.20. The van der Waals surface area contributed by atoms with Crippen molar-refractivity contribution in [2.24, 2.45) is 0 Å². The predicted octanol–water partition coefficient (Wildman–Crippen LogP) is 2.21. The third-order valence-electron chi connectivity index (χ3n) is 3.02. The number of halogens is 2. The van der Waals surface area contributed by atoms with E-state index in [9.17, 15) is 18.7 Å². The van der Waals surface area contributed by atoms with Crippen molar-refractivity contribution in [3.63, 3.8) is 0 Å². The van der Waals surface area contributed by atoms with E-state index in [-0.39, 0.29) is 11.3 Å². The quantitative estimate of drug-likeness (QED) is 0.908. The maximum atomic E-state index is 13.1. The molecule has 1 aromatic carbocycles. The fraction of sp³-hybridized carbons (Fsp3) is 0.200. The highest BCUT2D eigenvalue weighted by molar-refractivity contribution is 5.92. The van der Waals surface area contributed by atoms with Gasteiger partial charge in [-0.05, 0) is 36.8 Å². The van der Waals surface area contributed by atoms with Gasteiger partial charge in [0.05, 0.1) is 12.1 Å². The van der Waals surface area contributed by atoms with Gasteiger partial charge in [0.15, 0.2) is 11.6 Å². The van der Waals surface area contributed by atoms with Crippen LogP contribution in [0.2, 0.25) is 0 Å². The van der Waals surface area contributed by atoms with E-state index in [4.69, 9.17) is 0 Å². The van der Waals surface area contributed by atoms with E-state index in [1.165, 1.54) is 18.3 Å². The molecule has 0 aliphatic rings. The van der Waals surface area contributed by atoms with Crippen molar-refractivity contribution in [3.05, 3.63) is 65.5 Å². The van der Waals surface area contributed by atoms with Crippen LogP contribution in [-0.2, 0) is 0 Å². The summed E-state index contributed by atoms with van der Waals surface area (Å²) in [5.74, 6) is -2.49. The molecule has 2 atom stereocenters. The van der Waals surface area contributed by atoms with E-state index >= 15 is 0 Å². The number of aliphatic hydroxyl groups excluding tert-OH is 1. The number of amides is 1. The van der Waals surface area contributed by atoms with E-state index in [1.54, 1.807) is 19.1 Å². The molecule has 2 aromatic rings. The zero-order valence-corrected chi connectivity index (χ0v) is 11.3. The average Bonchev–Trinajstić information content (AvgIpc) is 2.50. The van der Waals surface area contributed by atoms with Gasteiger partial charge in [-0.1, -0.05) is 12.1 Å². The first-order chi connectivity index (χ1) is 9.99. The first-order valence-electron chi connectivity index (χ1n) is 6.34. The van der Waals surface area contributed by atoms with Crippen LogP contribution in [0, 0.1) is 11.6 Å². The molecule has 2 rings (SSSR count). The summed E-state index contributed by atoms with van der Waals surface area (Å²) < 4.78 is 26.0. The molecule has 0 bridgehead atoms. The highest BCUT2D eigenvalue weighted by Crippen LogP contribution is 2.19. The third-order valence-corrected chi connectivity index (χ3v) is 3.02. The molecule has 0 fully saturated rings. The number of aliphatic hydroxyl groups is 1. The van der Waals surface area contributed by atoms with Crippen LogP contribution in [0.15, 0.2) is 42.6 Å². The lowest BCUT2D eigenvalue weighted by Crippen LogP contribution is -2.37. The molecule has 0 radical (unpaired) electrons. The van der Waals surface area contributed by atoms with Crippen LogP contribution in [0.4, 0.5) is 8.78 Å². The van der Waals surface area contributed by atoms with Crippen LogP contribution in [-0.4, -0.2) is 22.0 Å². The molecular weight excluding hydrogens is 278 g/mol. The van der Waals surface area contributed by atoms with Crippen molar-refractivity contribution in [2.75, 3.05) is 0 Å². The molecule has 1 aromatic heterocycles. The molecule has 0 saturated carbocycles. The lowest BCUT2D eigenvalue weighted by atomic mass is 10.0. The second kappa shape index (κ2) is 6.41. The monoisotopic (exact) mass is 292 g/mol. The molecule has 2 N–H and O–H groups in total. The summed E-state index contributed by atoms with van der Waals surface area (Å²) in [7, 11) is 0. The average molecular weight is 292 g/mol. The van der Waals surface area contributed by atoms with Gasteiger partial charge < -0.3 is 10.4 Å². The minimum atomic E-state index is -1.16. The Morgan fingerprint density at radius 1 is 1.24 bits per heavy atom. The number of nitrogens with one attached hydrogen (secondary N) is 1. The first-order valence-corrected chi connectivity index (χ1v) is 6.34.